The van der Waals surface area contributed by atoms with Gasteiger partial charge in [-0.2, -0.15) is 0 Å². The number of benzene rings is 1. The summed E-state index contributed by atoms with van der Waals surface area (Å²) in [7, 11) is 2.10. The fraction of sp³-hybridized carbons (Fsp3) is 0.533. The number of nitrogens with zero attached hydrogens (tertiary/aromatic N) is 1. The van der Waals surface area contributed by atoms with Gasteiger partial charge in [-0.3, -0.25) is 4.79 Å². The Hall–Kier alpha value is -1.75. The molecule has 0 spiro atoms. The smallest absolute Gasteiger partial charge is 0.251 e. The molecule has 0 atom stereocenters. The van der Waals surface area contributed by atoms with E-state index in [-0.39, 0.29) is 11.9 Å². The van der Waals surface area contributed by atoms with Crippen LogP contribution in [-0.2, 0) is 0 Å². The van der Waals surface area contributed by atoms with E-state index in [1.54, 1.807) is 18.2 Å². The van der Waals surface area contributed by atoms with Gasteiger partial charge in [-0.15, -0.1) is 0 Å². The third-order valence-corrected chi connectivity index (χ3v) is 3.56. The fourth-order valence-electron chi connectivity index (χ4n) is 2.42. The van der Waals surface area contributed by atoms with Crippen LogP contribution in [0.15, 0.2) is 18.2 Å². The number of nitrogen functional groups attached to an aromatic ring is 1. The number of carbonyl (C=O) groups excluding carboxylic acids is 1. The van der Waals surface area contributed by atoms with E-state index in [0.29, 0.717) is 23.6 Å². The zero-order valence-electron chi connectivity index (χ0n) is 12.2. The Kier molecular flexibility index (Phi) is 4.84. The number of nitrogens with one attached hydrogen (secondary N) is 1. The van der Waals surface area contributed by atoms with Gasteiger partial charge in [-0.1, -0.05) is 0 Å². The summed E-state index contributed by atoms with van der Waals surface area (Å²) in [6, 6.07) is 5.41. The Morgan fingerprint density at radius 2 is 2.10 bits per heavy atom. The Morgan fingerprint density at radius 3 is 2.75 bits per heavy atom. The van der Waals surface area contributed by atoms with Crippen LogP contribution in [0.3, 0.4) is 0 Å². The number of hydrogen-bond donors (Lipinski definition) is 2. The van der Waals surface area contributed by atoms with Crippen LogP contribution in [-0.4, -0.2) is 43.6 Å². The summed E-state index contributed by atoms with van der Waals surface area (Å²) in [5, 5.41) is 3.08. The number of ether oxygens (including phenoxy) is 1. The molecule has 0 saturated carbocycles. The van der Waals surface area contributed by atoms with Crippen molar-refractivity contribution in [2.24, 2.45) is 0 Å². The van der Waals surface area contributed by atoms with Crippen LogP contribution in [0.2, 0.25) is 0 Å². The van der Waals surface area contributed by atoms with Gasteiger partial charge < -0.3 is 20.7 Å². The van der Waals surface area contributed by atoms with E-state index in [1.165, 1.54) is 0 Å². The minimum atomic E-state index is -0.0761. The lowest BCUT2D eigenvalue weighted by molar-refractivity contribution is 0.0916. The first-order valence-electron chi connectivity index (χ1n) is 7.11. The van der Waals surface area contributed by atoms with E-state index in [4.69, 9.17) is 10.5 Å². The number of likely N-dealkylation sites (tertiary alicyclic amines) is 1. The molecule has 5 nitrogen and oxygen atoms in total. The Bertz CT molecular complexity index is 468. The highest BCUT2D eigenvalue weighted by Crippen LogP contribution is 2.19. The van der Waals surface area contributed by atoms with Crippen LogP contribution in [0.25, 0.3) is 0 Å². The van der Waals surface area contributed by atoms with E-state index in [9.17, 15) is 4.79 Å². The van der Waals surface area contributed by atoms with Gasteiger partial charge in [0.05, 0.1) is 6.61 Å². The molecule has 0 bridgehead atoms. The standard InChI is InChI=1S/C15H23N3O2/c1-3-20-14-9-11(8-12(16)10-14)15(19)17-13-4-6-18(2)7-5-13/h8-10,13H,3-7,16H2,1-2H3,(H,17,19). The zero-order valence-corrected chi connectivity index (χ0v) is 12.2. The van der Waals surface area contributed by atoms with Crippen molar-refractivity contribution >= 4 is 11.6 Å². The first-order valence-corrected chi connectivity index (χ1v) is 7.11. The topological polar surface area (TPSA) is 67.6 Å². The number of carbonyl (C=O) groups is 1. The lowest BCUT2D eigenvalue weighted by Gasteiger charge is -2.29. The summed E-state index contributed by atoms with van der Waals surface area (Å²) in [5.74, 6) is 0.564. The molecule has 1 amide bonds. The molecule has 110 valence electrons. The molecular formula is C15H23N3O2. The maximum absolute atomic E-state index is 12.3. The van der Waals surface area contributed by atoms with E-state index in [2.05, 4.69) is 17.3 Å². The van der Waals surface area contributed by atoms with Crippen molar-refractivity contribution in [3.8, 4) is 5.75 Å². The molecule has 1 fully saturated rings. The molecule has 1 heterocycles. The van der Waals surface area contributed by atoms with Crippen LogP contribution in [0.1, 0.15) is 30.1 Å². The largest absolute Gasteiger partial charge is 0.494 e. The second-order valence-electron chi connectivity index (χ2n) is 5.27. The molecule has 2 rings (SSSR count). The minimum absolute atomic E-state index is 0.0761. The molecule has 0 aromatic heterocycles. The average molecular weight is 277 g/mol. The predicted octanol–water partition coefficient (Wildman–Crippen LogP) is 1.49. The summed E-state index contributed by atoms with van der Waals surface area (Å²) in [6.45, 7) is 4.50. The Morgan fingerprint density at radius 1 is 1.40 bits per heavy atom. The maximum atomic E-state index is 12.3. The number of nitrogens with two attached hydrogens (primary N) is 1. The van der Waals surface area contributed by atoms with Gasteiger partial charge in [0.15, 0.2) is 0 Å². The van der Waals surface area contributed by atoms with E-state index >= 15 is 0 Å². The first kappa shape index (κ1) is 14.7. The molecule has 5 heteroatoms. The van der Waals surface area contributed by atoms with Crippen LogP contribution >= 0.6 is 0 Å². The molecule has 0 radical (unpaired) electrons. The van der Waals surface area contributed by atoms with Crippen LogP contribution < -0.4 is 15.8 Å². The molecule has 20 heavy (non-hydrogen) atoms. The SMILES string of the molecule is CCOc1cc(N)cc(C(=O)NC2CCN(C)CC2)c1. The Labute approximate surface area is 120 Å². The molecule has 1 saturated heterocycles. The van der Waals surface area contributed by atoms with Crippen molar-refractivity contribution in [1.29, 1.82) is 0 Å². The van der Waals surface area contributed by atoms with Gasteiger partial charge in [0.1, 0.15) is 5.75 Å². The lowest BCUT2D eigenvalue weighted by atomic mass is 10.0. The average Bonchev–Trinajstić information content (AvgIpc) is 2.41. The summed E-state index contributed by atoms with van der Waals surface area (Å²) in [4.78, 5) is 14.5. The molecule has 1 aliphatic heterocycles. The zero-order chi connectivity index (χ0) is 14.5. The van der Waals surface area contributed by atoms with Gasteiger partial charge in [-0.25, -0.2) is 0 Å². The lowest BCUT2D eigenvalue weighted by Crippen LogP contribution is -2.43. The molecule has 0 unspecified atom stereocenters. The fourth-order valence-corrected chi connectivity index (χ4v) is 2.42. The van der Waals surface area contributed by atoms with Crippen molar-refractivity contribution in [3.05, 3.63) is 23.8 Å². The maximum Gasteiger partial charge on any atom is 0.251 e. The van der Waals surface area contributed by atoms with Crippen molar-refractivity contribution in [3.63, 3.8) is 0 Å². The summed E-state index contributed by atoms with van der Waals surface area (Å²) in [6.07, 6.45) is 1.98. The Balaban J connectivity index is 2.01. The van der Waals surface area contributed by atoms with Gasteiger partial charge in [0.2, 0.25) is 0 Å². The van der Waals surface area contributed by atoms with Crippen molar-refractivity contribution < 1.29 is 9.53 Å². The van der Waals surface area contributed by atoms with Crippen LogP contribution in [0, 0.1) is 0 Å². The van der Waals surface area contributed by atoms with E-state index in [0.717, 1.165) is 25.9 Å². The minimum Gasteiger partial charge on any atom is -0.494 e. The summed E-state index contributed by atoms with van der Waals surface area (Å²) in [5.41, 5.74) is 6.92. The third-order valence-electron chi connectivity index (χ3n) is 3.56. The number of anilines is 1. The predicted molar refractivity (Wildman–Crippen MR) is 80.0 cm³/mol. The number of hydrogen-bond acceptors (Lipinski definition) is 4. The summed E-state index contributed by atoms with van der Waals surface area (Å²) >= 11 is 0. The highest BCUT2D eigenvalue weighted by atomic mass is 16.5. The molecule has 1 aliphatic rings. The second kappa shape index (κ2) is 6.61. The quantitative estimate of drug-likeness (QED) is 0.818. The highest BCUT2D eigenvalue weighted by molar-refractivity contribution is 5.95. The van der Waals surface area contributed by atoms with Crippen molar-refractivity contribution in [2.75, 3.05) is 32.5 Å². The van der Waals surface area contributed by atoms with Gasteiger partial charge in [0.25, 0.3) is 5.91 Å². The molecule has 1 aromatic carbocycles. The van der Waals surface area contributed by atoms with Gasteiger partial charge in [0, 0.05) is 23.4 Å². The number of rotatable bonds is 4. The highest BCUT2D eigenvalue weighted by Gasteiger charge is 2.19. The number of piperidine rings is 1. The second-order valence-corrected chi connectivity index (χ2v) is 5.27. The monoisotopic (exact) mass is 277 g/mol. The first-order chi connectivity index (χ1) is 9.58. The van der Waals surface area contributed by atoms with Crippen molar-refractivity contribution in [1.82, 2.24) is 10.2 Å². The van der Waals surface area contributed by atoms with Gasteiger partial charge in [-0.05, 0) is 52.0 Å². The van der Waals surface area contributed by atoms with Gasteiger partial charge >= 0.3 is 0 Å². The normalized spacial score (nSPS) is 16.9. The van der Waals surface area contributed by atoms with E-state index in [1.807, 2.05) is 6.92 Å². The summed E-state index contributed by atoms with van der Waals surface area (Å²) < 4.78 is 5.41. The molecule has 0 aliphatic carbocycles. The van der Waals surface area contributed by atoms with Crippen LogP contribution in [0.4, 0.5) is 5.69 Å². The molecule has 1 aromatic rings. The number of amides is 1. The van der Waals surface area contributed by atoms with E-state index < -0.39 is 0 Å². The third kappa shape index (κ3) is 3.87. The molecule has 3 N–H and O–H groups in total. The van der Waals surface area contributed by atoms with Crippen molar-refractivity contribution in [2.45, 2.75) is 25.8 Å². The molecular weight excluding hydrogens is 254 g/mol. The van der Waals surface area contributed by atoms with Crippen LogP contribution in [0.5, 0.6) is 5.75 Å².